The zero-order valence-electron chi connectivity index (χ0n) is 12.4. The maximum Gasteiger partial charge on any atom is 0.326 e. The van der Waals surface area contributed by atoms with E-state index >= 15 is 0 Å². The van der Waals surface area contributed by atoms with Gasteiger partial charge in [0.15, 0.2) is 0 Å². The van der Waals surface area contributed by atoms with Crippen LogP contribution >= 0.6 is 0 Å². The molecule has 0 radical (unpaired) electrons. The lowest BCUT2D eigenvalue weighted by Gasteiger charge is -2.25. The van der Waals surface area contributed by atoms with Gasteiger partial charge in [0.2, 0.25) is 5.91 Å². The number of ether oxygens (including phenoxy) is 2. The lowest BCUT2D eigenvalue weighted by molar-refractivity contribution is -0.146. The van der Waals surface area contributed by atoms with E-state index in [0.29, 0.717) is 6.61 Å². The Morgan fingerprint density at radius 3 is 2.55 bits per heavy atom. The minimum atomic E-state index is -1.03. The molecule has 0 aromatic heterocycles. The molecule has 1 heterocycles. The van der Waals surface area contributed by atoms with E-state index in [9.17, 15) is 9.59 Å². The van der Waals surface area contributed by atoms with Crippen molar-refractivity contribution in [2.45, 2.75) is 58.3 Å². The van der Waals surface area contributed by atoms with Crippen LogP contribution in [-0.4, -0.2) is 48.4 Å². The topological polar surface area (TPSA) is 84.9 Å². The molecular formula is C14H25NO5. The van der Waals surface area contributed by atoms with E-state index in [-0.39, 0.29) is 12.0 Å². The van der Waals surface area contributed by atoms with Crippen molar-refractivity contribution in [3.63, 3.8) is 0 Å². The quantitative estimate of drug-likeness (QED) is 0.734. The first-order valence-corrected chi connectivity index (χ1v) is 7.18. The average Bonchev–Trinajstić information content (AvgIpc) is 2.42. The van der Waals surface area contributed by atoms with Crippen LogP contribution in [0.4, 0.5) is 0 Å². The molecule has 3 atom stereocenters. The molecule has 1 aliphatic rings. The van der Waals surface area contributed by atoms with Crippen LogP contribution in [0.15, 0.2) is 0 Å². The molecular weight excluding hydrogens is 262 g/mol. The van der Waals surface area contributed by atoms with Crippen LogP contribution in [0, 0.1) is 5.92 Å². The molecule has 0 spiro atoms. The molecule has 0 bridgehead atoms. The summed E-state index contributed by atoms with van der Waals surface area (Å²) < 4.78 is 11.0. The Morgan fingerprint density at radius 1 is 1.35 bits per heavy atom. The number of carboxylic acids is 1. The Kier molecular flexibility index (Phi) is 6.95. The van der Waals surface area contributed by atoms with Crippen LogP contribution in [0.1, 0.15) is 40.0 Å². The molecule has 20 heavy (non-hydrogen) atoms. The Balaban J connectivity index is 2.35. The zero-order chi connectivity index (χ0) is 15.1. The maximum atomic E-state index is 11.9. The SMILES string of the molecule is CC(OCC1CCCCO1)C(=O)N[C@@H](C(=O)O)C(C)C. The van der Waals surface area contributed by atoms with E-state index in [4.69, 9.17) is 14.6 Å². The van der Waals surface area contributed by atoms with Crippen molar-refractivity contribution in [1.82, 2.24) is 5.32 Å². The van der Waals surface area contributed by atoms with E-state index in [0.717, 1.165) is 25.9 Å². The fourth-order valence-electron chi connectivity index (χ4n) is 2.05. The van der Waals surface area contributed by atoms with Crippen molar-refractivity contribution in [1.29, 1.82) is 0 Å². The molecule has 0 aromatic carbocycles. The summed E-state index contributed by atoms with van der Waals surface area (Å²) in [5.41, 5.74) is 0. The highest BCUT2D eigenvalue weighted by atomic mass is 16.5. The second-order valence-electron chi connectivity index (χ2n) is 5.53. The molecule has 1 rings (SSSR count). The Morgan fingerprint density at radius 2 is 2.05 bits per heavy atom. The summed E-state index contributed by atoms with van der Waals surface area (Å²) >= 11 is 0. The summed E-state index contributed by atoms with van der Waals surface area (Å²) in [7, 11) is 0. The maximum absolute atomic E-state index is 11.9. The number of amides is 1. The van der Waals surface area contributed by atoms with E-state index in [2.05, 4.69) is 5.32 Å². The molecule has 116 valence electrons. The van der Waals surface area contributed by atoms with Crippen LogP contribution in [-0.2, 0) is 19.1 Å². The fourth-order valence-corrected chi connectivity index (χ4v) is 2.05. The highest BCUT2D eigenvalue weighted by Crippen LogP contribution is 2.13. The lowest BCUT2D eigenvalue weighted by atomic mass is 10.0. The standard InChI is InChI=1S/C14H25NO5/c1-9(2)12(14(17)18)15-13(16)10(3)20-8-11-6-4-5-7-19-11/h9-12H,4-8H2,1-3H3,(H,15,16)(H,17,18)/t10?,11?,12-/m1/s1. The first-order chi connectivity index (χ1) is 9.41. The third-order valence-corrected chi connectivity index (χ3v) is 3.41. The Hall–Kier alpha value is -1.14. The predicted octanol–water partition coefficient (Wildman–Crippen LogP) is 1.19. The molecule has 2 unspecified atom stereocenters. The predicted molar refractivity (Wildman–Crippen MR) is 73.4 cm³/mol. The van der Waals surface area contributed by atoms with Gasteiger partial charge >= 0.3 is 5.97 Å². The van der Waals surface area contributed by atoms with E-state index < -0.39 is 24.0 Å². The van der Waals surface area contributed by atoms with Gasteiger partial charge in [-0.2, -0.15) is 0 Å². The number of carbonyl (C=O) groups is 2. The van der Waals surface area contributed by atoms with Gasteiger partial charge in [-0.05, 0) is 32.1 Å². The number of hydrogen-bond donors (Lipinski definition) is 2. The molecule has 1 fully saturated rings. The van der Waals surface area contributed by atoms with Crippen LogP contribution in [0.3, 0.4) is 0 Å². The van der Waals surface area contributed by atoms with E-state index in [1.165, 1.54) is 0 Å². The molecule has 1 amide bonds. The summed E-state index contributed by atoms with van der Waals surface area (Å²) in [6.07, 6.45) is 2.49. The van der Waals surface area contributed by atoms with Gasteiger partial charge in [-0.25, -0.2) is 4.79 Å². The largest absolute Gasteiger partial charge is 0.480 e. The van der Waals surface area contributed by atoms with Crippen LogP contribution in [0.5, 0.6) is 0 Å². The minimum absolute atomic E-state index is 0.0411. The lowest BCUT2D eigenvalue weighted by Crippen LogP contribution is -2.48. The van der Waals surface area contributed by atoms with E-state index in [1.807, 2.05) is 0 Å². The molecule has 1 saturated heterocycles. The van der Waals surface area contributed by atoms with Crippen LogP contribution < -0.4 is 5.32 Å². The summed E-state index contributed by atoms with van der Waals surface area (Å²) in [6, 6.07) is -0.889. The first kappa shape index (κ1) is 16.9. The number of nitrogens with one attached hydrogen (secondary N) is 1. The number of aliphatic carboxylic acids is 1. The molecule has 0 saturated carbocycles. The second kappa shape index (κ2) is 8.21. The zero-order valence-corrected chi connectivity index (χ0v) is 12.4. The van der Waals surface area contributed by atoms with Crippen LogP contribution in [0.25, 0.3) is 0 Å². The summed E-state index contributed by atoms with van der Waals surface area (Å²) in [6.45, 7) is 6.23. The molecule has 1 aliphatic heterocycles. The summed E-state index contributed by atoms with van der Waals surface area (Å²) in [5.74, 6) is -1.61. The third kappa shape index (κ3) is 5.46. The Labute approximate surface area is 119 Å². The Bertz CT molecular complexity index is 326. The van der Waals surface area contributed by atoms with Crippen LogP contribution in [0.2, 0.25) is 0 Å². The number of hydrogen-bond acceptors (Lipinski definition) is 4. The van der Waals surface area contributed by atoms with Gasteiger partial charge in [-0.3, -0.25) is 4.79 Å². The van der Waals surface area contributed by atoms with Gasteiger partial charge in [0.25, 0.3) is 0 Å². The summed E-state index contributed by atoms with van der Waals surface area (Å²) in [5, 5.41) is 11.5. The van der Waals surface area contributed by atoms with Crippen molar-refractivity contribution in [2.75, 3.05) is 13.2 Å². The number of rotatable bonds is 7. The van der Waals surface area contributed by atoms with Crippen molar-refractivity contribution < 1.29 is 24.2 Å². The third-order valence-electron chi connectivity index (χ3n) is 3.41. The smallest absolute Gasteiger partial charge is 0.326 e. The highest BCUT2D eigenvalue weighted by molar-refractivity contribution is 5.86. The first-order valence-electron chi connectivity index (χ1n) is 7.18. The average molecular weight is 287 g/mol. The van der Waals surface area contributed by atoms with Gasteiger partial charge in [-0.1, -0.05) is 13.8 Å². The molecule has 0 aliphatic carbocycles. The number of carboxylic acid groups (broad SMARTS) is 1. The molecule has 6 nitrogen and oxygen atoms in total. The van der Waals surface area contributed by atoms with E-state index in [1.54, 1.807) is 20.8 Å². The summed E-state index contributed by atoms with van der Waals surface area (Å²) in [4.78, 5) is 22.9. The number of carbonyl (C=O) groups excluding carboxylic acids is 1. The van der Waals surface area contributed by atoms with Crippen molar-refractivity contribution >= 4 is 11.9 Å². The molecule has 2 N–H and O–H groups in total. The van der Waals surface area contributed by atoms with Crippen molar-refractivity contribution in [3.8, 4) is 0 Å². The monoisotopic (exact) mass is 287 g/mol. The normalized spacial score (nSPS) is 22.3. The van der Waals surface area contributed by atoms with Gasteiger partial charge in [-0.15, -0.1) is 0 Å². The minimum Gasteiger partial charge on any atom is -0.480 e. The fraction of sp³-hybridized carbons (Fsp3) is 0.857. The van der Waals surface area contributed by atoms with Crippen molar-refractivity contribution in [2.24, 2.45) is 5.92 Å². The van der Waals surface area contributed by atoms with Gasteiger partial charge < -0.3 is 19.9 Å². The van der Waals surface area contributed by atoms with Gasteiger partial charge in [0.05, 0.1) is 12.7 Å². The van der Waals surface area contributed by atoms with Crippen molar-refractivity contribution in [3.05, 3.63) is 0 Å². The van der Waals surface area contributed by atoms with Gasteiger partial charge in [0, 0.05) is 6.61 Å². The molecule has 0 aromatic rings. The van der Waals surface area contributed by atoms with Gasteiger partial charge in [0.1, 0.15) is 12.1 Å². The molecule has 6 heteroatoms. The second-order valence-corrected chi connectivity index (χ2v) is 5.53. The highest BCUT2D eigenvalue weighted by Gasteiger charge is 2.26.